The molecule has 0 amide bonds. The van der Waals surface area contributed by atoms with Gasteiger partial charge in [0.2, 0.25) is 0 Å². The molecule has 0 aliphatic heterocycles. The first kappa shape index (κ1) is 18.3. The molecule has 1 aliphatic carbocycles. The van der Waals surface area contributed by atoms with Crippen molar-refractivity contribution in [2.45, 2.75) is 40.5 Å². The summed E-state index contributed by atoms with van der Waals surface area (Å²) in [7, 11) is 0. The molecule has 0 N–H and O–H groups in total. The van der Waals surface area contributed by atoms with Gasteiger partial charge in [-0.25, -0.2) is 0 Å². The Kier molecular flexibility index (Phi) is 6.01. The summed E-state index contributed by atoms with van der Waals surface area (Å²) >= 11 is 12.6. The minimum atomic E-state index is 0.381. The van der Waals surface area contributed by atoms with Crippen molar-refractivity contribution in [3.63, 3.8) is 0 Å². The summed E-state index contributed by atoms with van der Waals surface area (Å²) in [5.74, 6) is 1.35. The second-order valence-corrected chi connectivity index (χ2v) is 9.91. The molecule has 22 heavy (non-hydrogen) atoms. The average Bonchev–Trinajstić information content (AvgIpc) is 2.91. The van der Waals surface area contributed by atoms with Gasteiger partial charge in [0.25, 0.3) is 0 Å². The highest BCUT2D eigenvalue weighted by molar-refractivity contribution is 9.28. The van der Waals surface area contributed by atoms with Gasteiger partial charge in [-0.05, 0) is 98.1 Å². The van der Waals surface area contributed by atoms with E-state index >= 15 is 0 Å². The Morgan fingerprint density at radius 3 is 2.32 bits per heavy atom. The van der Waals surface area contributed by atoms with E-state index in [9.17, 15) is 0 Å². The van der Waals surface area contributed by atoms with Crippen LogP contribution in [-0.4, -0.2) is 0 Å². The Bertz CT molecular complexity index is 587. The van der Waals surface area contributed by atoms with E-state index in [2.05, 4.69) is 77.8 Å². The van der Waals surface area contributed by atoms with Crippen LogP contribution in [0.4, 0.5) is 0 Å². The third-order valence-corrected chi connectivity index (χ3v) is 5.77. The van der Waals surface area contributed by atoms with Crippen molar-refractivity contribution >= 4 is 43.5 Å². The van der Waals surface area contributed by atoms with Gasteiger partial charge in [0.05, 0.1) is 3.39 Å². The van der Waals surface area contributed by atoms with E-state index in [-0.39, 0.29) is 0 Å². The van der Waals surface area contributed by atoms with Gasteiger partial charge in [-0.3, -0.25) is 0 Å². The Hall–Kier alpha value is -0.0500. The van der Waals surface area contributed by atoms with Crippen LogP contribution in [0.1, 0.15) is 36.1 Å². The molecule has 1 aromatic carbocycles. The molecule has 0 spiro atoms. The zero-order chi connectivity index (χ0) is 16.5. The van der Waals surface area contributed by atoms with Crippen LogP contribution in [0.2, 0.25) is 0 Å². The van der Waals surface area contributed by atoms with Crippen LogP contribution in [0, 0.1) is 31.1 Å². The van der Waals surface area contributed by atoms with Gasteiger partial charge in [0.1, 0.15) is 0 Å². The fourth-order valence-electron chi connectivity index (χ4n) is 3.57. The predicted molar refractivity (Wildman–Crippen MR) is 105 cm³/mol. The Labute approximate surface area is 156 Å². The SMILES string of the molecule is Cc1cc(C/C=C\Cl)cc(C)c1C[C@@H]1[C@H](C=C(Br)Br)C1(C)C. The van der Waals surface area contributed by atoms with Crippen LogP contribution in [0.25, 0.3) is 0 Å². The van der Waals surface area contributed by atoms with Crippen LogP contribution >= 0.6 is 43.5 Å². The standard InChI is InChI=1S/C19H23Br2Cl/c1-12-8-14(6-5-7-22)9-13(2)15(12)10-16-17(11-18(20)21)19(16,3)4/h5,7-9,11,16-17H,6,10H2,1-4H3/b7-5-/t16-,17+/m1/s1. The minimum Gasteiger partial charge on any atom is -0.0933 e. The van der Waals surface area contributed by atoms with Gasteiger partial charge >= 0.3 is 0 Å². The van der Waals surface area contributed by atoms with Gasteiger partial charge in [-0.15, -0.1) is 0 Å². The fourth-order valence-corrected chi connectivity index (χ4v) is 4.23. The highest BCUT2D eigenvalue weighted by Gasteiger charge is 2.55. The van der Waals surface area contributed by atoms with E-state index in [1.165, 1.54) is 22.3 Å². The maximum Gasteiger partial charge on any atom is 0.0567 e. The quantitative estimate of drug-likeness (QED) is 0.455. The third kappa shape index (κ3) is 4.07. The lowest BCUT2D eigenvalue weighted by atomic mass is 9.92. The molecule has 1 aromatic rings. The van der Waals surface area contributed by atoms with Gasteiger partial charge in [0.15, 0.2) is 0 Å². The number of allylic oxidation sites excluding steroid dienone is 2. The van der Waals surface area contributed by atoms with Gasteiger partial charge in [-0.2, -0.15) is 0 Å². The first-order valence-corrected chi connectivity index (χ1v) is 9.66. The maximum atomic E-state index is 5.63. The molecular weight excluding hydrogens is 423 g/mol. The van der Waals surface area contributed by atoms with Crippen molar-refractivity contribution in [1.29, 1.82) is 0 Å². The van der Waals surface area contributed by atoms with E-state index in [0.717, 1.165) is 16.2 Å². The van der Waals surface area contributed by atoms with Crippen LogP contribution in [0.3, 0.4) is 0 Å². The van der Waals surface area contributed by atoms with Crippen molar-refractivity contribution in [2.24, 2.45) is 17.3 Å². The third-order valence-electron chi connectivity index (χ3n) is 5.07. The molecule has 0 aromatic heterocycles. The highest BCUT2D eigenvalue weighted by atomic mass is 79.9. The van der Waals surface area contributed by atoms with Gasteiger partial charge < -0.3 is 0 Å². The summed E-state index contributed by atoms with van der Waals surface area (Å²) in [4.78, 5) is 0. The molecule has 0 nitrogen and oxygen atoms in total. The predicted octanol–water partition coefficient (Wildman–Crippen LogP) is 7.04. The summed E-state index contributed by atoms with van der Waals surface area (Å²) in [5.41, 5.74) is 7.64. The summed E-state index contributed by atoms with van der Waals surface area (Å²) < 4.78 is 1.07. The smallest absolute Gasteiger partial charge is 0.0567 e. The van der Waals surface area contributed by atoms with E-state index < -0.39 is 0 Å². The molecule has 2 rings (SSSR count). The van der Waals surface area contributed by atoms with Crippen LogP contribution in [-0.2, 0) is 12.8 Å². The lowest BCUT2D eigenvalue weighted by Gasteiger charge is -2.13. The maximum absolute atomic E-state index is 5.63. The van der Waals surface area contributed by atoms with Crippen LogP contribution in [0.5, 0.6) is 0 Å². The number of aryl methyl sites for hydroxylation is 2. The second kappa shape index (κ2) is 7.23. The molecule has 1 aliphatic rings. The molecule has 120 valence electrons. The van der Waals surface area contributed by atoms with Crippen LogP contribution < -0.4 is 0 Å². The van der Waals surface area contributed by atoms with E-state index in [1.54, 1.807) is 5.54 Å². The van der Waals surface area contributed by atoms with Gasteiger partial charge in [0, 0.05) is 5.54 Å². The monoisotopic (exact) mass is 444 g/mol. The number of halogens is 3. The first-order chi connectivity index (χ1) is 10.3. The molecule has 1 saturated carbocycles. The molecular formula is C19H23Br2Cl. The first-order valence-electron chi connectivity index (χ1n) is 7.64. The largest absolute Gasteiger partial charge is 0.0933 e. The highest BCUT2D eigenvalue weighted by Crippen LogP contribution is 2.61. The molecule has 1 fully saturated rings. The molecule has 0 saturated heterocycles. The lowest BCUT2D eigenvalue weighted by Crippen LogP contribution is -2.01. The van der Waals surface area contributed by atoms with E-state index in [4.69, 9.17) is 11.6 Å². The summed E-state index contributed by atoms with van der Waals surface area (Å²) in [6, 6.07) is 4.61. The van der Waals surface area contributed by atoms with E-state index in [0.29, 0.717) is 17.3 Å². The number of hydrogen-bond donors (Lipinski definition) is 0. The lowest BCUT2D eigenvalue weighted by molar-refractivity contribution is 0.548. The topological polar surface area (TPSA) is 0 Å². The molecule has 2 atom stereocenters. The number of hydrogen-bond acceptors (Lipinski definition) is 0. The van der Waals surface area contributed by atoms with Crippen molar-refractivity contribution in [3.05, 3.63) is 55.5 Å². The summed E-state index contributed by atoms with van der Waals surface area (Å²) in [5, 5.41) is 0. The van der Waals surface area contributed by atoms with Gasteiger partial charge in [-0.1, -0.05) is 49.7 Å². The Balaban J connectivity index is 2.19. The second-order valence-electron chi connectivity index (χ2n) is 6.89. The van der Waals surface area contributed by atoms with Crippen LogP contribution in [0.15, 0.2) is 33.2 Å². The average molecular weight is 447 g/mol. The minimum absolute atomic E-state index is 0.381. The number of benzene rings is 1. The zero-order valence-corrected chi connectivity index (χ0v) is 17.5. The van der Waals surface area contributed by atoms with E-state index in [1.807, 2.05) is 6.08 Å². The fraction of sp³-hybridized carbons (Fsp3) is 0.474. The van der Waals surface area contributed by atoms with Crippen molar-refractivity contribution in [2.75, 3.05) is 0 Å². The van der Waals surface area contributed by atoms with Crippen molar-refractivity contribution in [3.8, 4) is 0 Å². The summed E-state index contributed by atoms with van der Waals surface area (Å²) in [6.07, 6.45) is 6.36. The molecule has 0 bridgehead atoms. The number of rotatable bonds is 5. The normalized spacial score (nSPS) is 22.9. The molecule has 0 heterocycles. The Morgan fingerprint density at radius 1 is 1.23 bits per heavy atom. The van der Waals surface area contributed by atoms with Crippen molar-refractivity contribution in [1.82, 2.24) is 0 Å². The molecule has 0 unspecified atom stereocenters. The molecule has 0 radical (unpaired) electrons. The zero-order valence-electron chi connectivity index (χ0n) is 13.6. The Morgan fingerprint density at radius 2 is 1.82 bits per heavy atom. The molecule has 3 heteroatoms. The summed E-state index contributed by atoms with van der Waals surface area (Å²) in [6.45, 7) is 9.20. The van der Waals surface area contributed by atoms with Crippen molar-refractivity contribution < 1.29 is 0 Å².